The van der Waals surface area contributed by atoms with Gasteiger partial charge in [0.2, 0.25) is 0 Å². The third-order valence-corrected chi connectivity index (χ3v) is 11.9. The molecule has 1 aromatic rings. The molecule has 44 heavy (non-hydrogen) atoms. The van der Waals surface area contributed by atoms with Crippen LogP contribution in [0.1, 0.15) is 53.5 Å². The molecule has 1 rings (SSSR count). The molecule has 0 saturated carbocycles. The van der Waals surface area contributed by atoms with Gasteiger partial charge >= 0.3 is 11.9 Å². The molecule has 0 unspecified atom stereocenters. The van der Waals surface area contributed by atoms with Crippen molar-refractivity contribution in [2.45, 2.75) is 103 Å². The van der Waals surface area contributed by atoms with Crippen molar-refractivity contribution < 1.29 is 47.2 Å². The molecule has 0 N–H and O–H groups in total. The summed E-state index contributed by atoms with van der Waals surface area (Å²) in [4.78, 5) is 25.2. The van der Waals surface area contributed by atoms with Crippen molar-refractivity contribution in [2.24, 2.45) is 0 Å². The lowest BCUT2D eigenvalue weighted by Gasteiger charge is -2.39. The van der Waals surface area contributed by atoms with Crippen LogP contribution in [0.3, 0.4) is 0 Å². The Morgan fingerprint density at radius 2 is 1.59 bits per heavy atom. The lowest BCUT2D eigenvalue weighted by molar-refractivity contribution is -0.159. The largest absolute Gasteiger partial charge is 0.497 e. The Balaban J connectivity index is 2.67. The maximum atomic E-state index is 12.6. The first kappa shape index (κ1) is 39.5. The molecule has 0 saturated heterocycles. The molecule has 0 amide bonds. The van der Waals surface area contributed by atoms with Gasteiger partial charge in [-0.15, -0.1) is 6.58 Å². The third-order valence-electron chi connectivity index (χ3n) is 7.33. The van der Waals surface area contributed by atoms with Gasteiger partial charge in [0, 0.05) is 13.2 Å². The SMILES string of the molecule is C=C[C@@H](OCc1ccc(OC)cc1)[C@H](C)OC(=O)C[C@H](C)OC(=O)/C=C/[C@@H](OCOCCOC)[C@H](C)O[Si](C)(C)C(C)(C)C. The van der Waals surface area contributed by atoms with Crippen molar-refractivity contribution in [3.63, 3.8) is 0 Å². The lowest BCUT2D eigenvalue weighted by Crippen LogP contribution is -2.46. The van der Waals surface area contributed by atoms with Crippen molar-refractivity contribution >= 4 is 20.3 Å². The van der Waals surface area contributed by atoms with Gasteiger partial charge in [-0.3, -0.25) is 4.79 Å². The summed E-state index contributed by atoms with van der Waals surface area (Å²) in [5, 5.41) is -0.000682. The third kappa shape index (κ3) is 15.0. The van der Waals surface area contributed by atoms with Gasteiger partial charge in [-0.2, -0.15) is 0 Å². The van der Waals surface area contributed by atoms with E-state index in [0.717, 1.165) is 11.3 Å². The van der Waals surface area contributed by atoms with Crippen LogP contribution < -0.4 is 4.74 Å². The molecule has 0 bridgehead atoms. The van der Waals surface area contributed by atoms with Gasteiger partial charge in [0.15, 0.2) is 8.32 Å². The van der Waals surface area contributed by atoms with Crippen LogP contribution >= 0.6 is 0 Å². The average Bonchev–Trinajstić information content (AvgIpc) is 2.93. The highest BCUT2D eigenvalue weighted by Gasteiger charge is 2.39. The quantitative estimate of drug-likeness (QED) is 0.0398. The average molecular weight is 639 g/mol. The second kappa shape index (κ2) is 19.8. The number of carbonyl (C=O) groups excluding carboxylic acids is 2. The number of ether oxygens (including phenoxy) is 7. The zero-order valence-electron chi connectivity index (χ0n) is 28.3. The Bertz CT molecular complexity index is 1020. The minimum Gasteiger partial charge on any atom is -0.497 e. The van der Waals surface area contributed by atoms with E-state index in [9.17, 15) is 9.59 Å². The van der Waals surface area contributed by atoms with Gasteiger partial charge in [-0.1, -0.05) is 39.0 Å². The molecule has 10 nitrogen and oxygen atoms in total. The monoisotopic (exact) mass is 638 g/mol. The number of benzene rings is 1. The highest BCUT2D eigenvalue weighted by molar-refractivity contribution is 6.74. The van der Waals surface area contributed by atoms with Gasteiger partial charge < -0.3 is 37.6 Å². The van der Waals surface area contributed by atoms with E-state index in [-0.39, 0.29) is 24.4 Å². The predicted octanol–water partition coefficient (Wildman–Crippen LogP) is 5.99. The summed E-state index contributed by atoms with van der Waals surface area (Å²) in [6.45, 7) is 21.0. The van der Waals surface area contributed by atoms with E-state index in [1.54, 1.807) is 40.2 Å². The summed E-state index contributed by atoms with van der Waals surface area (Å²) in [6, 6.07) is 7.48. The van der Waals surface area contributed by atoms with Crippen molar-refractivity contribution in [2.75, 3.05) is 34.2 Å². The fourth-order valence-corrected chi connectivity index (χ4v) is 5.12. The number of methoxy groups -OCH3 is 2. The number of rotatable bonds is 21. The fraction of sp³-hybridized carbons (Fsp3) is 0.636. The fourth-order valence-electron chi connectivity index (χ4n) is 3.70. The summed E-state index contributed by atoms with van der Waals surface area (Å²) in [5.74, 6) is -0.380. The van der Waals surface area contributed by atoms with Crippen molar-refractivity contribution in [1.82, 2.24) is 0 Å². The molecule has 0 radical (unpaired) electrons. The molecule has 1 aromatic carbocycles. The molecular weight excluding hydrogens is 584 g/mol. The maximum Gasteiger partial charge on any atom is 0.330 e. The molecule has 11 heteroatoms. The first-order valence-electron chi connectivity index (χ1n) is 14.9. The summed E-state index contributed by atoms with van der Waals surface area (Å²) >= 11 is 0. The lowest BCUT2D eigenvalue weighted by atomic mass is 10.2. The summed E-state index contributed by atoms with van der Waals surface area (Å²) in [5.41, 5.74) is 0.942. The van der Waals surface area contributed by atoms with Crippen molar-refractivity contribution in [1.29, 1.82) is 0 Å². The van der Waals surface area contributed by atoms with Crippen LogP contribution in [-0.4, -0.2) is 85.0 Å². The van der Waals surface area contributed by atoms with Crippen LogP contribution in [0.4, 0.5) is 0 Å². The highest BCUT2D eigenvalue weighted by Crippen LogP contribution is 2.37. The van der Waals surface area contributed by atoms with Crippen LogP contribution in [0.5, 0.6) is 5.75 Å². The first-order valence-corrected chi connectivity index (χ1v) is 17.9. The van der Waals surface area contributed by atoms with Gasteiger partial charge in [-0.05, 0) is 62.7 Å². The second-order valence-corrected chi connectivity index (χ2v) is 16.9. The highest BCUT2D eigenvalue weighted by atomic mass is 28.4. The van der Waals surface area contributed by atoms with E-state index in [1.807, 2.05) is 31.2 Å². The van der Waals surface area contributed by atoms with Crippen molar-refractivity contribution in [3.8, 4) is 5.75 Å². The summed E-state index contributed by atoms with van der Waals surface area (Å²) in [7, 11) is 1.09. The van der Waals surface area contributed by atoms with E-state index in [4.69, 9.17) is 37.6 Å². The maximum absolute atomic E-state index is 12.6. The van der Waals surface area contributed by atoms with Crippen LogP contribution in [0, 0.1) is 0 Å². The Hall–Kier alpha value is -2.54. The Kier molecular flexibility index (Phi) is 17.7. The van der Waals surface area contributed by atoms with Gasteiger partial charge in [0.25, 0.3) is 0 Å². The van der Waals surface area contributed by atoms with E-state index < -0.39 is 44.7 Å². The molecule has 5 atom stereocenters. The molecular formula is C33H54O10Si. The van der Waals surface area contributed by atoms with Crippen LogP contribution in [0.15, 0.2) is 49.1 Å². The van der Waals surface area contributed by atoms with Crippen molar-refractivity contribution in [3.05, 3.63) is 54.6 Å². The van der Waals surface area contributed by atoms with Gasteiger partial charge in [0.1, 0.15) is 37.0 Å². The van der Waals surface area contributed by atoms with Crippen LogP contribution in [0.25, 0.3) is 0 Å². The Morgan fingerprint density at radius 3 is 2.16 bits per heavy atom. The number of esters is 2. The van der Waals surface area contributed by atoms with E-state index in [0.29, 0.717) is 19.8 Å². The molecule has 250 valence electrons. The minimum absolute atomic E-state index is 0.000682. The Labute approximate surface area is 265 Å². The summed E-state index contributed by atoms with van der Waals surface area (Å²) in [6.07, 6.45) is 1.63. The zero-order chi connectivity index (χ0) is 33.3. The number of hydrogen-bond donors (Lipinski definition) is 0. The standard InChI is InChI=1S/C33H54O10Si/c1-12-29(39-22-27-13-15-28(37-9)16-14-27)25(3)42-32(35)21-24(2)41-31(34)18-17-30(40-23-38-20-19-36-8)26(4)43-44(10,11)33(5,6)7/h12-18,24-26,29-30H,1,19-23H2,2-11H3/b18-17+/t24-,25-,26-,29+,30+/m0/s1. The molecule has 0 spiro atoms. The topological polar surface area (TPSA) is 108 Å². The van der Waals surface area contributed by atoms with E-state index >= 15 is 0 Å². The van der Waals surface area contributed by atoms with Gasteiger partial charge in [-0.25, -0.2) is 4.79 Å². The molecule has 0 aromatic heterocycles. The number of hydrogen-bond acceptors (Lipinski definition) is 10. The Morgan fingerprint density at radius 1 is 0.932 bits per heavy atom. The van der Waals surface area contributed by atoms with E-state index in [1.165, 1.54) is 6.08 Å². The van der Waals surface area contributed by atoms with Gasteiger partial charge in [0.05, 0.1) is 39.5 Å². The predicted molar refractivity (Wildman–Crippen MR) is 172 cm³/mol. The summed E-state index contributed by atoms with van der Waals surface area (Å²) < 4.78 is 44.8. The molecule has 0 fully saturated rings. The zero-order valence-corrected chi connectivity index (χ0v) is 29.3. The first-order chi connectivity index (χ1) is 20.6. The molecule has 0 aliphatic heterocycles. The smallest absolute Gasteiger partial charge is 0.330 e. The van der Waals surface area contributed by atoms with E-state index in [2.05, 4.69) is 40.4 Å². The minimum atomic E-state index is -2.10. The molecule has 0 aliphatic carbocycles. The molecule has 0 aliphatic rings. The molecule has 0 heterocycles. The normalized spacial score (nSPS) is 15.7. The number of carbonyl (C=O) groups is 2. The van der Waals surface area contributed by atoms with Crippen LogP contribution in [-0.2, 0) is 49.0 Å². The second-order valence-electron chi connectivity index (χ2n) is 12.1. The van der Waals surface area contributed by atoms with Crippen LogP contribution in [0.2, 0.25) is 18.1 Å².